The van der Waals surface area contributed by atoms with Crippen LogP contribution < -0.4 is 0 Å². The van der Waals surface area contributed by atoms with Crippen molar-refractivity contribution in [3.8, 4) is 0 Å². The molecule has 0 radical (unpaired) electrons. The average Bonchev–Trinajstić information content (AvgIpc) is 2.67. The van der Waals surface area contributed by atoms with Crippen LogP contribution in [0.3, 0.4) is 0 Å². The van der Waals surface area contributed by atoms with Gasteiger partial charge < -0.3 is 10.0 Å². The third-order valence-corrected chi connectivity index (χ3v) is 3.52. The lowest BCUT2D eigenvalue weighted by Gasteiger charge is -2.30. The van der Waals surface area contributed by atoms with Gasteiger partial charge in [0, 0.05) is 38.9 Å². The number of hydrogen-bond acceptors (Lipinski definition) is 4. The zero-order chi connectivity index (χ0) is 13.1. The van der Waals surface area contributed by atoms with Gasteiger partial charge in [-0.15, -0.1) is 0 Å². The Morgan fingerprint density at radius 1 is 1.17 bits per heavy atom. The SMILES string of the molecule is O=C(CCN1C(=O)CCC1=O)N1CCC(O)CC1. The van der Waals surface area contributed by atoms with Crippen LogP contribution >= 0.6 is 0 Å². The van der Waals surface area contributed by atoms with Crippen molar-refractivity contribution in [3.05, 3.63) is 0 Å². The van der Waals surface area contributed by atoms with E-state index in [1.807, 2.05) is 0 Å². The molecule has 2 fully saturated rings. The van der Waals surface area contributed by atoms with Gasteiger partial charge in [0.1, 0.15) is 0 Å². The maximum absolute atomic E-state index is 11.9. The fourth-order valence-corrected chi connectivity index (χ4v) is 2.35. The maximum atomic E-state index is 11.9. The van der Waals surface area contributed by atoms with E-state index in [9.17, 15) is 19.5 Å². The van der Waals surface area contributed by atoms with Crippen LogP contribution in [-0.2, 0) is 14.4 Å². The number of amides is 3. The summed E-state index contributed by atoms with van der Waals surface area (Å²) in [5.41, 5.74) is 0. The molecule has 0 unspecified atom stereocenters. The molecule has 6 nitrogen and oxygen atoms in total. The molecule has 0 spiro atoms. The molecule has 100 valence electrons. The van der Waals surface area contributed by atoms with Gasteiger partial charge in [-0.05, 0) is 12.8 Å². The number of aliphatic hydroxyl groups excluding tert-OH is 1. The summed E-state index contributed by atoms with van der Waals surface area (Å²) in [4.78, 5) is 37.5. The van der Waals surface area contributed by atoms with E-state index in [4.69, 9.17) is 0 Å². The van der Waals surface area contributed by atoms with Crippen molar-refractivity contribution in [2.45, 2.75) is 38.2 Å². The zero-order valence-corrected chi connectivity index (χ0v) is 10.3. The van der Waals surface area contributed by atoms with Crippen molar-refractivity contribution in [3.63, 3.8) is 0 Å². The fourth-order valence-electron chi connectivity index (χ4n) is 2.35. The van der Waals surface area contributed by atoms with Crippen LogP contribution in [0.15, 0.2) is 0 Å². The monoisotopic (exact) mass is 254 g/mol. The van der Waals surface area contributed by atoms with Crippen molar-refractivity contribution in [1.82, 2.24) is 9.80 Å². The van der Waals surface area contributed by atoms with E-state index in [0.29, 0.717) is 25.9 Å². The summed E-state index contributed by atoms with van der Waals surface area (Å²) in [6, 6.07) is 0. The molecule has 18 heavy (non-hydrogen) atoms. The minimum absolute atomic E-state index is 0.0469. The molecule has 2 saturated heterocycles. The predicted octanol–water partition coefficient (Wildman–Crippen LogP) is -0.491. The van der Waals surface area contributed by atoms with E-state index in [1.54, 1.807) is 4.90 Å². The van der Waals surface area contributed by atoms with Gasteiger partial charge in [0.05, 0.1) is 6.10 Å². The standard InChI is InChI=1S/C12H18N2O4/c15-9-3-6-13(7-4-9)10(16)5-8-14-11(17)1-2-12(14)18/h9,15H,1-8H2. The third-order valence-electron chi connectivity index (χ3n) is 3.52. The number of hydrogen-bond donors (Lipinski definition) is 1. The number of aliphatic hydroxyl groups is 1. The highest BCUT2D eigenvalue weighted by Gasteiger charge is 2.29. The summed E-state index contributed by atoms with van der Waals surface area (Å²) in [6.07, 6.45) is 1.62. The van der Waals surface area contributed by atoms with E-state index in [1.165, 1.54) is 4.90 Å². The second-order valence-corrected chi connectivity index (χ2v) is 4.80. The summed E-state index contributed by atoms with van der Waals surface area (Å²) in [6.45, 7) is 1.30. The molecular formula is C12H18N2O4. The maximum Gasteiger partial charge on any atom is 0.229 e. The smallest absolute Gasteiger partial charge is 0.229 e. The van der Waals surface area contributed by atoms with Crippen molar-refractivity contribution in [1.29, 1.82) is 0 Å². The predicted molar refractivity (Wildman–Crippen MR) is 62.4 cm³/mol. The summed E-state index contributed by atoms with van der Waals surface area (Å²) in [7, 11) is 0. The third kappa shape index (κ3) is 2.87. The van der Waals surface area contributed by atoms with Crippen LogP contribution in [-0.4, -0.2) is 58.4 Å². The summed E-state index contributed by atoms with van der Waals surface area (Å²) >= 11 is 0. The molecule has 0 atom stereocenters. The highest BCUT2D eigenvalue weighted by atomic mass is 16.3. The highest BCUT2D eigenvalue weighted by molar-refractivity contribution is 6.02. The molecule has 0 aromatic rings. The largest absolute Gasteiger partial charge is 0.393 e. The van der Waals surface area contributed by atoms with Gasteiger partial charge in [-0.1, -0.05) is 0 Å². The van der Waals surface area contributed by atoms with Crippen LogP contribution in [0.1, 0.15) is 32.1 Å². The van der Waals surface area contributed by atoms with Crippen molar-refractivity contribution in [2.75, 3.05) is 19.6 Å². The van der Waals surface area contributed by atoms with E-state index in [2.05, 4.69) is 0 Å². The Morgan fingerprint density at radius 3 is 2.28 bits per heavy atom. The molecule has 0 bridgehead atoms. The summed E-state index contributed by atoms with van der Waals surface area (Å²) in [5, 5.41) is 9.35. The molecule has 2 aliphatic heterocycles. The Bertz CT molecular complexity index is 345. The molecule has 0 aromatic heterocycles. The molecule has 2 heterocycles. The normalized spacial score (nSPS) is 21.8. The first kappa shape index (κ1) is 13.0. The number of likely N-dealkylation sites (tertiary alicyclic amines) is 2. The Kier molecular flexibility index (Phi) is 3.96. The Balaban J connectivity index is 1.78. The summed E-state index contributed by atoms with van der Waals surface area (Å²) in [5.74, 6) is -0.405. The molecular weight excluding hydrogens is 236 g/mol. The minimum Gasteiger partial charge on any atom is -0.393 e. The van der Waals surface area contributed by atoms with E-state index < -0.39 is 0 Å². The van der Waals surface area contributed by atoms with Crippen LogP contribution in [0.4, 0.5) is 0 Å². The van der Waals surface area contributed by atoms with Gasteiger partial charge >= 0.3 is 0 Å². The Labute approximate surface area is 106 Å². The van der Waals surface area contributed by atoms with Crippen molar-refractivity contribution >= 4 is 17.7 Å². The molecule has 2 rings (SSSR count). The van der Waals surface area contributed by atoms with Gasteiger partial charge in [0.25, 0.3) is 0 Å². The highest BCUT2D eigenvalue weighted by Crippen LogP contribution is 2.14. The number of imide groups is 1. The molecule has 0 aromatic carbocycles. The second kappa shape index (κ2) is 5.48. The first-order chi connectivity index (χ1) is 8.58. The van der Waals surface area contributed by atoms with E-state index in [0.717, 1.165) is 0 Å². The van der Waals surface area contributed by atoms with Gasteiger partial charge in [0.15, 0.2) is 0 Å². The van der Waals surface area contributed by atoms with Gasteiger partial charge in [0.2, 0.25) is 17.7 Å². The van der Waals surface area contributed by atoms with Crippen LogP contribution in [0.25, 0.3) is 0 Å². The zero-order valence-electron chi connectivity index (χ0n) is 10.3. The second-order valence-electron chi connectivity index (χ2n) is 4.80. The lowest BCUT2D eigenvalue weighted by Crippen LogP contribution is -2.41. The van der Waals surface area contributed by atoms with Gasteiger partial charge in [-0.25, -0.2) is 0 Å². The first-order valence-electron chi connectivity index (χ1n) is 6.37. The number of piperidine rings is 1. The number of carbonyl (C=O) groups is 3. The number of carbonyl (C=O) groups excluding carboxylic acids is 3. The van der Waals surface area contributed by atoms with E-state index in [-0.39, 0.29) is 49.6 Å². The minimum atomic E-state index is -0.309. The number of nitrogens with zero attached hydrogens (tertiary/aromatic N) is 2. The van der Waals surface area contributed by atoms with Crippen molar-refractivity contribution in [2.24, 2.45) is 0 Å². The fraction of sp³-hybridized carbons (Fsp3) is 0.750. The lowest BCUT2D eigenvalue weighted by molar-refractivity contribution is -0.139. The van der Waals surface area contributed by atoms with Crippen molar-refractivity contribution < 1.29 is 19.5 Å². The Morgan fingerprint density at radius 2 is 1.72 bits per heavy atom. The van der Waals surface area contributed by atoms with E-state index >= 15 is 0 Å². The first-order valence-corrected chi connectivity index (χ1v) is 6.37. The quantitative estimate of drug-likeness (QED) is 0.689. The molecule has 3 amide bonds. The molecule has 0 aliphatic carbocycles. The average molecular weight is 254 g/mol. The molecule has 6 heteroatoms. The topological polar surface area (TPSA) is 77.9 Å². The molecule has 1 N–H and O–H groups in total. The van der Waals surface area contributed by atoms with Crippen LogP contribution in [0.2, 0.25) is 0 Å². The Hall–Kier alpha value is -1.43. The molecule has 0 saturated carbocycles. The summed E-state index contributed by atoms with van der Waals surface area (Å²) < 4.78 is 0. The van der Waals surface area contributed by atoms with Gasteiger partial charge in [-0.3, -0.25) is 19.3 Å². The van der Waals surface area contributed by atoms with Crippen LogP contribution in [0.5, 0.6) is 0 Å². The lowest BCUT2D eigenvalue weighted by atomic mass is 10.1. The van der Waals surface area contributed by atoms with Gasteiger partial charge in [-0.2, -0.15) is 0 Å². The van der Waals surface area contributed by atoms with Crippen LogP contribution in [0, 0.1) is 0 Å². The molecule has 2 aliphatic rings. The number of rotatable bonds is 3.